The van der Waals surface area contributed by atoms with Gasteiger partial charge in [-0.3, -0.25) is 4.79 Å². The molecule has 4 nitrogen and oxygen atoms in total. The van der Waals surface area contributed by atoms with Gasteiger partial charge in [-0.15, -0.1) is 0 Å². The number of hydrogen-bond donors (Lipinski definition) is 2. The zero-order valence-corrected chi connectivity index (χ0v) is 14.2. The maximum absolute atomic E-state index is 11.9. The molecule has 0 bridgehead atoms. The molecule has 23 heavy (non-hydrogen) atoms. The van der Waals surface area contributed by atoms with Crippen molar-refractivity contribution in [3.05, 3.63) is 34.9 Å². The summed E-state index contributed by atoms with van der Waals surface area (Å²) in [5.41, 5.74) is 1.03. The Balaban J connectivity index is 1.78. The minimum absolute atomic E-state index is 0.172. The van der Waals surface area contributed by atoms with Gasteiger partial charge in [-0.2, -0.15) is 0 Å². The summed E-state index contributed by atoms with van der Waals surface area (Å²) in [6.45, 7) is 0.888. The number of rotatable bonds is 9. The van der Waals surface area contributed by atoms with Crippen LogP contribution < -0.4 is 0 Å². The Bertz CT molecular complexity index is 509. The molecule has 0 radical (unpaired) electrons. The molecule has 0 spiro atoms. The van der Waals surface area contributed by atoms with Crippen LogP contribution in [0.2, 0.25) is 5.02 Å². The number of amides is 1. The molecular formula is C18H26ClNO3. The van der Waals surface area contributed by atoms with Crippen LogP contribution in [0.25, 0.3) is 0 Å². The third kappa shape index (κ3) is 5.79. The minimum atomic E-state index is -0.413. The lowest BCUT2D eigenvalue weighted by molar-refractivity contribution is -0.129. The van der Waals surface area contributed by atoms with Gasteiger partial charge in [0.05, 0.1) is 6.10 Å². The van der Waals surface area contributed by atoms with Gasteiger partial charge in [0, 0.05) is 30.6 Å². The van der Waals surface area contributed by atoms with Gasteiger partial charge in [-0.05, 0) is 56.2 Å². The van der Waals surface area contributed by atoms with Crippen LogP contribution in [-0.4, -0.2) is 46.3 Å². The molecule has 0 aromatic heterocycles. The van der Waals surface area contributed by atoms with E-state index in [9.17, 15) is 9.90 Å². The number of nitrogens with zero attached hydrogens (tertiary/aromatic N) is 1. The summed E-state index contributed by atoms with van der Waals surface area (Å²) in [4.78, 5) is 13.9. The highest BCUT2D eigenvalue weighted by molar-refractivity contribution is 6.30. The van der Waals surface area contributed by atoms with E-state index in [1.54, 1.807) is 0 Å². The first-order valence-corrected chi connectivity index (χ1v) is 8.80. The van der Waals surface area contributed by atoms with Crippen molar-refractivity contribution in [2.45, 2.75) is 57.1 Å². The highest BCUT2D eigenvalue weighted by Crippen LogP contribution is 2.24. The zero-order chi connectivity index (χ0) is 16.7. The van der Waals surface area contributed by atoms with E-state index in [0.29, 0.717) is 30.8 Å². The van der Waals surface area contributed by atoms with Gasteiger partial charge in [-0.1, -0.05) is 23.7 Å². The van der Waals surface area contributed by atoms with Crippen LogP contribution in [0.4, 0.5) is 0 Å². The molecule has 1 aliphatic rings. The maximum Gasteiger partial charge on any atom is 0.222 e. The fraction of sp³-hybridized carbons (Fsp3) is 0.611. The van der Waals surface area contributed by atoms with Gasteiger partial charge >= 0.3 is 0 Å². The molecule has 1 heterocycles. The topological polar surface area (TPSA) is 60.8 Å². The van der Waals surface area contributed by atoms with E-state index in [1.165, 1.54) is 0 Å². The zero-order valence-electron chi connectivity index (χ0n) is 13.5. The summed E-state index contributed by atoms with van der Waals surface area (Å²) in [5.74, 6) is 0.206. The molecule has 1 saturated heterocycles. The SMILES string of the molecule is O=C1CCC(CC[C@@H](O)Cc2cccc(Cl)c2)N1CCCCO. The second-order valence-electron chi connectivity index (χ2n) is 6.28. The second-order valence-corrected chi connectivity index (χ2v) is 6.71. The van der Waals surface area contributed by atoms with Crippen molar-refractivity contribution >= 4 is 17.5 Å². The summed E-state index contributed by atoms with van der Waals surface area (Å²) >= 11 is 5.96. The maximum atomic E-state index is 11.9. The van der Waals surface area contributed by atoms with E-state index in [0.717, 1.165) is 31.2 Å². The van der Waals surface area contributed by atoms with Gasteiger partial charge in [0.15, 0.2) is 0 Å². The normalized spacial score (nSPS) is 19.3. The van der Waals surface area contributed by atoms with Gasteiger partial charge < -0.3 is 15.1 Å². The van der Waals surface area contributed by atoms with Crippen LogP contribution in [0, 0.1) is 0 Å². The first-order valence-electron chi connectivity index (χ1n) is 8.43. The average molecular weight is 340 g/mol. The Morgan fingerprint density at radius 1 is 1.35 bits per heavy atom. The first kappa shape index (κ1) is 18.2. The van der Waals surface area contributed by atoms with E-state index in [-0.39, 0.29) is 18.6 Å². The summed E-state index contributed by atoms with van der Waals surface area (Å²) in [6.07, 6.45) is 4.73. The molecule has 0 saturated carbocycles. The number of unbranched alkanes of at least 4 members (excludes halogenated alkanes) is 1. The molecule has 1 unspecified atom stereocenters. The Hall–Kier alpha value is -1.10. The van der Waals surface area contributed by atoms with Gasteiger partial charge in [0.2, 0.25) is 5.91 Å². The van der Waals surface area contributed by atoms with Crippen molar-refractivity contribution in [2.75, 3.05) is 13.2 Å². The van der Waals surface area contributed by atoms with E-state index in [4.69, 9.17) is 16.7 Å². The number of hydrogen-bond acceptors (Lipinski definition) is 3. The van der Waals surface area contributed by atoms with Crippen LogP contribution in [-0.2, 0) is 11.2 Å². The van der Waals surface area contributed by atoms with Crippen molar-refractivity contribution < 1.29 is 15.0 Å². The molecule has 0 aliphatic carbocycles. The highest BCUT2D eigenvalue weighted by Gasteiger charge is 2.30. The quantitative estimate of drug-likeness (QED) is 0.680. The second kappa shape index (κ2) is 9.26. The number of carbonyl (C=O) groups excluding carboxylic acids is 1. The minimum Gasteiger partial charge on any atom is -0.396 e. The van der Waals surface area contributed by atoms with Crippen LogP contribution in [0.15, 0.2) is 24.3 Å². The van der Waals surface area contributed by atoms with Gasteiger partial charge in [-0.25, -0.2) is 0 Å². The van der Waals surface area contributed by atoms with Gasteiger partial charge in [0.25, 0.3) is 0 Å². The number of benzene rings is 1. The number of halogens is 1. The van der Waals surface area contributed by atoms with Crippen LogP contribution in [0.5, 0.6) is 0 Å². The van der Waals surface area contributed by atoms with Crippen LogP contribution in [0.1, 0.15) is 44.1 Å². The lowest BCUT2D eigenvalue weighted by Crippen LogP contribution is -2.34. The van der Waals surface area contributed by atoms with Crippen LogP contribution in [0.3, 0.4) is 0 Å². The fourth-order valence-corrected chi connectivity index (χ4v) is 3.43. The van der Waals surface area contributed by atoms with Gasteiger partial charge in [0.1, 0.15) is 0 Å². The van der Waals surface area contributed by atoms with Crippen molar-refractivity contribution in [1.29, 1.82) is 0 Å². The number of likely N-dealkylation sites (tertiary alicyclic amines) is 1. The summed E-state index contributed by atoms with van der Waals surface area (Å²) in [7, 11) is 0. The number of aliphatic hydroxyl groups is 2. The predicted octanol–water partition coefficient (Wildman–Crippen LogP) is 2.79. The lowest BCUT2D eigenvalue weighted by atomic mass is 10.0. The molecule has 1 fully saturated rings. The third-order valence-electron chi connectivity index (χ3n) is 4.45. The first-order chi connectivity index (χ1) is 11.1. The molecular weight excluding hydrogens is 314 g/mol. The molecule has 2 rings (SSSR count). The fourth-order valence-electron chi connectivity index (χ4n) is 3.22. The Morgan fingerprint density at radius 3 is 2.91 bits per heavy atom. The smallest absolute Gasteiger partial charge is 0.222 e. The number of aliphatic hydroxyl groups excluding tert-OH is 2. The Kier molecular flexibility index (Phi) is 7.34. The monoisotopic (exact) mass is 339 g/mol. The van der Waals surface area contributed by atoms with E-state index in [2.05, 4.69) is 0 Å². The van der Waals surface area contributed by atoms with Crippen molar-refractivity contribution in [3.63, 3.8) is 0 Å². The van der Waals surface area contributed by atoms with E-state index < -0.39 is 6.10 Å². The van der Waals surface area contributed by atoms with Crippen LogP contribution >= 0.6 is 11.6 Å². The molecule has 1 amide bonds. The average Bonchev–Trinajstić information content (AvgIpc) is 2.86. The molecule has 2 N–H and O–H groups in total. The van der Waals surface area contributed by atoms with E-state index in [1.807, 2.05) is 29.2 Å². The highest BCUT2D eigenvalue weighted by atomic mass is 35.5. The Labute approximate surface area is 143 Å². The number of carbonyl (C=O) groups is 1. The summed E-state index contributed by atoms with van der Waals surface area (Å²) in [6, 6.07) is 7.80. The van der Waals surface area contributed by atoms with Crippen molar-refractivity contribution in [1.82, 2.24) is 4.90 Å². The third-order valence-corrected chi connectivity index (χ3v) is 4.69. The predicted molar refractivity (Wildman–Crippen MR) is 91.5 cm³/mol. The molecule has 128 valence electrons. The standard InChI is InChI=1S/C18H26ClNO3/c19-15-5-3-4-14(12-15)13-17(22)8-6-16-7-9-18(23)20(16)10-1-2-11-21/h3-5,12,16-17,21-22H,1-2,6-11,13H2/t16?,17-/m1/s1. The largest absolute Gasteiger partial charge is 0.396 e. The van der Waals surface area contributed by atoms with Crippen molar-refractivity contribution in [2.24, 2.45) is 0 Å². The molecule has 1 aromatic carbocycles. The van der Waals surface area contributed by atoms with Crippen molar-refractivity contribution in [3.8, 4) is 0 Å². The summed E-state index contributed by atoms with van der Waals surface area (Å²) in [5, 5.41) is 19.8. The lowest BCUT2D eigenvalue weighted by Gasteiger charge is -2.25. The van der Waals surface area contributed by atoms with E-state index >= 15 is 0 Å². The molecule has 1 aliphatic heterocycles. The molecule has 2 atom stereocenters. The summed E-state index contributed by atoms with van der Waals surface area (Å²) < 4.78 is 0. The molecule has 5 heteroatoms. The molecule has 1 aromatic rings. The Morgan fingerprint density at radius 2 is 2.17 bits per heavy atom.